The summed E-state index contributed by atoms with van der Waals surface area (Å²) >= 11 is 1.78. The van der Waals surface area contributed by atoms with E-state index < -0.39 is 12.2 Å². The minimum absolute atomic E-state index is 0.0885. The zero-order valence-electron chi connectivity index (χ0n) is 13.6. The highest BCUT2D eigenvalue weighted by Crippen LogP contribution is 2.14. The number of hydrogen-bond acceptors (Lipinski definition) is 5. The van der Waals surface area contributed by atoms with Gasteiger partial charge >= 0.3 is 0 Å². The van der Waals surface area contributed by atoms with E-state index in [0.29, 0.717) is 25.9 Å². The molecule has 1 saturated heterocycles. The van der Waals surface area contributed by atoms with Crippen molar-refractivity contribution in [2.24, 2.45) is 0 Å². The number of rotatable bonds is 8. The number of amides is 1. The van der Waals surface area contributed by atoms with Crippen LogP contribution in [0.25, 0.3) is 0 Å². The van der Waals surface area contributed by atoms with Gasteiger partial charge in [-0.15, -0.1) is 0 Å². The Balaban J connectivity index is 0.00000191. The molecule has 1 amide bonds. The molecule has 1 heterocycles. The SMILES string of the molecule is CC.CCCC(=O)NCCSCCC1NCC(O)CC1O. The minimum Gasteiger partial charge on any atom is -0.392 e. The molecular weight excluding hydrogens is 288 g/mol. The number of carbonyl (C=O) groups excluding carboxylic acids is 1. The van der Waals surface area contributed by atoms with Gasteiger partial charge in [0.2, 0.25) is 5.91 Å². The van der Waals surface area contributed by atoms with Gasteiger partial charge in [0.1, 0.15) is 0 Å². The van der Waals surface area contributed by atoms with Crippen molar-refractivity contribution >= 4 is 17.7 Å². The lowest BCUT2D eigenvalue weighted by Gasteiger charge is -2.31. The first kappa shape index (κ1) is 20.7. The predicted molar refractivity (Wildman–Crippen MR) is 89.6 cm³/mol. The summed E-state index contributed by atoms with van der Waals surface area (Å²) < 4.78 is 0. The lowest BCUT2D eigenvalue weighted by molar-refractivity contribution is -0.120. The fourth-order valence-electron chi connectivity index (χ4n) is 2.13. The topological polar surface area (TPSA) is 81.6 Å². The molecule has 1 aliphatic rings. The predicted octanol–water partition coefficient (Wildman–Crippen LogP) is 1.14. The maximum Gasteiger partial charge on any atom is 0.220 e. The Morgan fingerprint density at radius 3 is 2.67 bits per heavy atom. The number of thioether (sulfide) groups is 1. The molecule has 4 N–H and O–H groups in total. The van der Waals surface area contributed by atoms with Crippen molar-refractivity contribution in [3.05, 3.63) is 0 Å². The lowest BCUT2D eigenvalue weighted by Crippen LogP contribution is -2.50. The first-order valence-corrected chi connectivity index (χ1v) is 9.23. The molecule has 0 spiro atoms. The maximum absolute atomic E-state index is 11.2. The Kier molecular flexibility index (Phi) is 13.2. The van der Waals surface area contributed by atoms with Crippen molar-refractivity contribution in [3.63, 3.8) is 0 Å². The van der Waals surface area contributed by atoms with Crippen LogP contribution in [0.1, 0.15) is 46.5 Å². The molecule has 0 bridgehead atoms. The van der Waals surface area contributed by atoms with Crippen molar-refractivity contribution in [1.29, 1.82) is 0 Å². The molecule has 0 saturated carbocycles. The Morgan fingerprint density at radius 1 is 1.33 bits per heavy atom. The molecular formula is C15H32N2O3S. The molecule has 3 atom stereocenters. The first-order chi connectivity index (χ1) is 10.1. The first-order valence-electron chi connectivity index (χ1n) is 8.07. The summed E-state index contributed by atoms with van der Waals surface area (Å²) in [7, 11) is 0. The van der Waals surface area contributed by atoms with E-state index in [4.69, 9.17) is 0 Å². The van der Waals surface area contributed by atoms with E-state index in [0.717, 1.165) is 24.3 Å². The normalized spacial score (nSPS) is 24.9. The fourth-order valence-corrected chi connectivity index (χ4v) is 3.01. The summed E-state index contributed by atoms with van der Waals surface area (Å²) in [6, 6.07) is 0.0885. The number of piperidine rings is 1. The van der Waals surface area contributed by atoms with Crippen LogP contribution in [-0.2, 0) is 4.79 Å². The second kappa shape index (κ2) is 13.4. The van der Waals surface area contributed by atoms with E-state index in [-0.39, 0.29) is 11.9 Å². The van der Waals surface area contributed by atoms with Gasteiger partial charge in [-0.1, -0.05) is 20.8 Å². The lowest BCUT2D eigenvalue weighted by atomic mass is 9.98. The number of carbonyl (C=O) groups is 1. The largest absolute Gasteiger partial charge is 0.392 e. The van der Waals surface area contributed by atoms with Gasteiger partial charge in [0.15, 0.2) is 0 Å². The van der Waals surface area contributed by atoms with Gasteiger partial charge in [0.05, 0.1) is 12.2 Å². The second-order valence-corrected chi connectivity index (χ2v) is 6.20. The van der Waals surface area contributed by atoms with Gasteiger partial charge < -0.3 is 20.8 Å². The summed E-state index contributed by atoms with van der Waals surface area (Å²) in [6.07, 6.45) is 1.97. The standard InChI is InChI=1S/C13H26N2O3S.C2H6/c1-2-3-13(18)14-5-7-19-6-4-11-12(17)8-10(16)9-15-11;1-2/h10-12,15-17H,2-9H2,1H3,(H,14,18);1-2H3. The molecule has 3 unspecified atom stereocenters. The highest BCUT2D eigenvalue weighted by molar-refractivity contribution is 7.99. The van der Waals surface area contributed by atoms with Gasteiger partial charge in [-0.25, -0.2) is 0 Å². The summed E-state index contributed by atoms with van der Waals surface area (Å²) in [5, 5.41) is 25.2. The van der Waals surface area contributed by atoms with E-state index in [1.807, 2.05) is 20.8 Å². The van der Waals surface area contributed by atoms with Crippen LogP contribution >= 0.6 is 11.8 Å². The summed E-state index contributed by atoms with van der Waals surface area (Å²) in [5.41, 5.74) is 0. The van der Waals surface area contributed by atoms with Gasteiger partial charge in [0, 0.05) is 37.7 Å². The van der Waals surface area contributed by atoms with Crippen LogP contribution in [0.5, 0.6) is 0 Å². The molecule has 1 fully saturated rings. The molecule has 6 heteroatoms. The molecule has 5 nitrogen and oxygen atoms in total. The molecule has 1 aliphatic heterocycles. The number of aliphatic hydroxyl groups excluding tert-OH is 2. The third-order valence-corrected chi connectivity index (χ3v) is 4.23. The van der Waals surface area contributed by atoms with E-state index >= 15 is 0 Å². The van der Waals surface area contributed by atoms with Crippen LogP contribution in [0.2, 0.25) is 0 Å². The highest BCUT2D eigenvalue weighted by Gasteiger charge is 2.26. The van der Waals surface area contributed by atoms with Crippen molar-refractivity contribution in [1.82, 2.24) is 10.6 Å². The molecule has 0 aromatic heterocycles. The Hall–Kier alpha value is -0.300. The van der Waals surface area contributed by atoms with E-state index in [9.17, 15) is 15.0 Å². The van der Waals surface area contributed by atoms with Gasteiger partial charge in [-0.05, 0) is 18.6 Å². The van der Waals surface area contributed by atoms with Crippen molar-refractivity contribution in [2.45, 2.75) is 64.7 Å². The maximum atomic E-state index is 11.2. The fraction of sp³-hybridized carbons (Fsp3) is 0.933. The van der Waals surface area contributed by atoms with E-state index in [2.05, 4.69) is 10.6 Å². The monoisotopic (exact) mass is 320 g/mol. The zero-order chi connectivity index (χ0) is 16.1. The third-order valence-electron chi connectivity index (χ3n) is 3.21. The Morgan fingerprint density at radius 2 is 2.05 bits per heavy atom. The number of β-amino-alcohol motifs (C(OH)–C–C–N with tert-alkyl or cyclic N) is 1. The van der Waals surface area contributed by atoms with Crippen LogP contribution < -0.4 is 10.6 Å². The molecule has 1 rings (SSSR count). The minimum atomic E-state index is -0.450. The van der Waals surface area contributed by atoms with E-state index in [1.54, 1.807) is 11.8 Å². The van der Waals surface area contributed by atoms with Crippen molar-refractivity contribution in [3.8, 4) is 0 Å². The number of aliphatic hydroxyl groups is 2. The number of hydrogen-bond donors (Lipinski definition) is 4. The third kappa shape index (κ3) is 10.1. The zero-order valence-corrected chi connectivity index (χ0v) is 14.4. The Labute approximate surface area is 133 Å². The Bertz CT molecular complexity index is 267. The van der Waals surface area contributed by atoms with Gasteiger partial charge in [-0.2, -0.15) is 11.8 Å². The van der Waals surface area contributed by atoms with Crippen molar-refractivity contribution in [2.75, 3.05) is 24.6 Å². The molecule has 0 aromatic carbocycles. The summed E-state index contributed by atoms with van der Waals surface area (Å²) in [6.45, 7) is 7.27. The van der Waals surface area contributed by atoms with Crippen LogP contribution in [-0.4, -0.2) is 59.0 Å². The van der Waals surface area contributed by atoms with E-state index in [1.165, 1.54) is 0 Å². The number of nitrogens with one attached hydrogen (secondary N) is 2. The molecule has 0 radical (unpaired) electrons. The second-order valence-electron chi connectivity index (χ2n) is 4.97. The van der Waals surface area contributed by atoms with Crippen LogP contribution in [0.3, 0.4) is 0 Å². The van der Waals surface area contributed by atoms with Crippen LogP contribution in [0.4, 0.5) is 0 Å². The quantitative estimate of drug-likeness (QED) is 0.504. The average molecular weight is 320 g/mol. The van der Waals surface area contributed by atoms with Crippen LogP contribution in [0.15, 0.2) is 0 Å². The highest BCUT2D eigenvalue weighted by atomic mass is 32.2. The molecule has 0 aliphatic carbocycles. The van der Waals surface area contributed by atoms with Crippen LogP contribution in [0, 0.1) is 0 Å². The summed E-state index contributed by atoms with van der Waals surface area (Å²) in [4.78, 5) is 11.2. The molecule has 126 valence electrons. The summed E-state index contributed by atoms with van der Waals surface area (Å²) in [5.74, 6) is 1.98. The molecule has 21 heavy (non-hydrogen) atoms. The smallest absolute Gasteiger partial charge is 0.220 e. The van der Waals surface area contributed by atoms with Gasteiger partial charge in [-0.3, -0.25) is 4.79 Å². The van der Waals surface area contributed by atoms with Crippen molar-refractivity contribution < 1.29 is 15.0 Å². The molecule has 0 aromatic rings. The average Bonchev–Trinajstić information content (AvgIpc) is 2.47. The van der Waals surface area contributed by atoms with Gasteiger partial charge in [0.25, 0.3) is 0 Å².